The van der Waals surface area contributed by atoms with E-state index in [1.807, 2.05) is 30.3 Å². The fourth-order valence-electron chi connectivity index (χ4n) is 2.39. The zero-order chi connectivity index (χ0) is 15.5. The molecule has 110 valence electrons. The van der Waals surface area contributed by atoms with Crippen molar-refractivity contribution < 1.29 is 4.79 Å². The van der Waals surface area contributed by atoms with Crippen molar-refractivity contribution >= 4 is 16.8 Å². The average Bonchev–Trinajstić information content (AvgIpc) is 2.45. The van der Waals surface area contributed by atoms with Gasteiger partial charge in [0.2, 0.25) is 5.24 Å². The fourth-order valence-corrected chi connectivity index (χ4v) is 2.59. The second-order valence-electron chi connectivity index (χ2n) is 6.42. The van der Waals surface area contributed by atoms with Gasteiger partial charge in [-0.3, -0.25) is 4.79 Å². The predicted molar refractivity (Wildman–Crippen MR) is 88.9 cm³/mol. The summed E-state index contributed by atoms with van der Waals surface area (Å²) in [6.07, 6.45) is 0.636. The quantitative estimate of drug-likeness (QED) is 0.720. The van der Waals surface area contributed by atoms with E-state index in [9.17, 15) is 4.79 Å². The largest absolute Gasteiger partial charge is 0.281 e. The fraction of sp³-hybridized carbons (Fsp3) is 0.316. The van der Waals surface area contributed by atoms with Gasteiger partial charge in [0.05, 0.1) is 5.92 Å². The van der Waals surface area contributed by atoms with Crippen LogP contribution in [0.5, 0.6) is 0 Å². The summed E-state index contributed by atoms with van der Waals surface area (Å²) < 4.78 is 0. The highest BCUT2D eigenvalue weighted by Crippen LogP contribution is 2.26. The van der Waals surface area contributed by atoms with Gasteiger partial charge in [0.15, 0.2) is 0 Å². The van der Waals surface area contributed by atoms with Crippen LogP contribution in [0.1, 0.15) is 43.4 Å². The molecule has 0 saturated carbocycles. The Hall–Kier alpha value is -1.60. The third kappa shape index (κ3) is 4.18. The molecule has 0 fully saturated rings. The zero-order valence-corrected chi connectivity index (χ0v) is 13.5. The highest BCUT2D eigenvalue weighted by molar-refractivity contribution is 6.64. The molecule has 2 rings (SSSR count). The molecular formula is C19H21ClO. The van der Waals surface area contributed by atoms with E-state index in [4.69, 9.17) is 11.6 Å². The lowest BCUT2D eigenvalue weighted by atomic mass is 9.85. The Kier molecular flexibility index (Phi) is 4.84. The molecule has 2 heteroatoms. The Balaban J connectivity index is 2.20. The van der Waals surface area contributed by atoms with Crippen molar-refractivity contribution in [2.75, 3.05) is 0 Å². The number of hydrogen-bond acceptors (Lipinski definition) is 1. The van der Waals surface area contributed by atoms with Crippen molar-refractivity contribution in [3.8, 4) is 0 Å². The number of rotatable bonds is 4. The minimum atomic E-state index is -0.305. The van der Waals surface area contributed by atoms with Crippen LogP contribution in [0.3, 0.4) is 0 Å². The SMILES string of the molecule is CC(C)(C)c1ccc(CC(C(=O)Cl)c2ccccc2)cc1. The summed E-state index contributed by atoms with van der Waals surface area (Å²) in [4.78, 5) is 11.7. The van der Waals surface area contributed by atoms with E-state index in [-0.39, 0.29) is 16.6 Å². The van der Waals surface area contributed by atoms with Gasteiger partial charge in [-0.1, -0.05) is 75.4 Å². The lowest BCUT2D eigenvalue weighted by Crippen LogP contribution is -2.12. The highest BCUT2D eigenvalue weighted by Gasteiger charge is 2.19. The van der Waals surface area contributed by atoms with Crippen LogP contribution < -0.4 is 0 Å². The summed E-state index contributed by atoms with van der Waals surface area (Å²) in [5.74, 6) is -0.284. The van der Waals surface area contributed by atoms with Crippen molar-refractivity contribution in [3.63, 3.8) is 0 Å². The maximum Gasteiger partial charge on any atom is 0.229 e. The summed E-state index contributed by atoms with van der Waals surface area (Å²) in [5, 5.41) is -0.305. The van der Waals surface area contributed by atoms with Crippen LogP contribution in [0.2, 0.25) is 0 Å². The van der Waals surface area contributed by atoms with Crippen LogP contribution in [0, 0.1) is 0 Å². The third-order valence-corrected chi connectivity index (χ3v) is 4.00. The number of benzene rings is 2. The summed E-state index contributed by atoms with van der Waals surface area (Å²) in [7, 11) is 0. The molecule has 2 aromatic rings. The Bertz CT molecular complexity index is 594. The number of carbonyl (C=O) groups is 1. The van der Waals surface area contributed by atoms with Gasteiger partial charge in [0, 0.05) is 0 Å². The molecule has 0 aliphatic rings. The predicted octanol–water partition coefficient (Wildman–Crippen LogP) is 5.08. The molecule has 2 aromatic carbocycles. The maximum absolute atomic E-state index is 11.7. The highest BCUT2D eigenvalue weighted by atomic mass is 35.5. The smallest absolute Gasteiger partial charge is 0.229 e. The standard InChI is InChI=1S/C19H21ClO/c1-19(2,3)16-11-9-14(10-12-16)13-17(18(20)21)15-7-5-4-6-8-15/h4-12,17H,13H2,1-3H3. The van der Waals surface area contributed by atoms with Gasteiger partial charge in [0.25, 0.3) is 0 Å². The molecule has 0 aromatic heterocycles. The zero-order valence-electron chi connectivity index (χ0n) is 12.8. The molecule has 0 bridgehead atoms. The summed E-state index contributed by atoms with van der Waals surface area (Å²) in [5.41, 5.74) is 3.53. The summed E-state index contributed by atoms with van der Waals surface area (Å²) in [6.45, 7) is 6.57. The topological polar surface area (TPSA) is 17.1 Å². The Morgan fingerprint density at radius 2 is 1.57 bits per heavy atom. The Morgan fingerprint density at radius 1 is 1.00 bits per heavy atom. The Labute approximate surface area is 132 Å². The number of hydrogen-bond donors (Lipinski definition) is 0. The van der Waals surface area contributed by atoms with Gasteiger partial charge in [-0.15, -0.1) is 0 Å². The van der Waals surface area contributed by atoms with Crippen LogP contribution in [0.25, 0.3) is 0 Å². The minimum absolute atomic E-state index is 0.139. The first-order chi connectivity index (χ1) is 9.88. The van der Waals surface area contributed by atoms with Crippen LogP contribution in [-0.4, -0.2) is 5.24 Å². The van der Waals surface area contributed by atoms with E-state index in [0.29, 0.717) is 6.42 Å². The summed E-state index contributed by atoms with van der Waals surface area (Å²) >= 11 is 5.79. The van der Waals surface area contributed by atoms with E-state index >= 15 is 0 Å². The van der Waals surface area contributed by atoms with Gasteiger partial charge in [-0.2, -0.15) is 0 Å². The molecule has 21 heavy (non-hydrogen) atoms. The van der Waals surface area contributed by atoms with Crippen molar-refractivity contribution in [2.24, 2.45) is 0 Å². The van der Waals surface area contributed by atoms with E-state index in [0.717, 1.165) is 11.1 Å². The van der Waals surface area contributed by atoms with E-state index in [1.165, 1.54) is 5.56 Å². The van der Waals surface area contributed by atoms with Crippen molar-refractivity contribution in [1.29, 1.82) is 0 Å². The molecule has 0 saturated heterocycles. The first kappa shape index (κ1) is 15.8. The van der Waals surface area contributed by atoms with E-state index in [1.54, 1.807) is 0 Å². The van der Waals surface area contributed by atoms with Crippen molar-refractivity contribution in [2.45, 2.75) is 38.5 Å². The Morgan fingerprint density at radius 3 is 2.05 bits per heavy atom. The van der Waals surface area contributed by atoms with Gasteiger partial charge in [-0.25, -0.2) is 0 Å². The van der Waals surface area contributed by atoms with Crippen molar-refractivity contribution in [3.05, 3.63) is 71.3 Å². The molecule has 0 heterocycles. The molecular weight excluding hydrogens is 280 g/mol. The van der Waals surface area contributed by atoms with E-state index < -0.39 is 0 Å². The molecule has 0 spiro atoms. The maximum atomic E-state index is 11.7. The lowest BCUT2D eigenvalue weighted by Gasteiger charge is -2.20. The average molecular weight is 301 g/mol. The molecule has 0 amide bonds. The van der Waals surface area contributed by atoms with Gasteiger partial charge < -0.3 is 0 Å². The first-order valence-corrected chi connectivity index (χ1v) is 7.59. The minimum Gasteiger partial charge on any atom is -0.281 e. The molecule has 1 nitrogen and oxygen atoms in total. The van der Waals surface area contributed by atoms with E-state index in [2.05, 4.69) is 45.0 Å². The summed E-state index contributed by atoms with van der Waals surface area (Å²) in [6, 6.07) is 18.2. The van der Waals surface area contributed by atoms with Crippen LogP contribution in [-0.2, 0) is 16.6 Å². The molecule has 0 radical (unpaired) electrons. The molecule has 0 aliphatic carbocycles. The second kappa shape index (κ2) is 6.44. The first-order valence-electron chi connectivity index (χ1n) is 7.21. The van der Waals surface area contributed by atoms with Crippen LogP contribution in [0.15, 0.2) is 54.6 Å². The van der Waals surface area contributed by atoms with Crippen molar-refractivity contribution in [1.82, 2.24) is 0 Å². The van der Waals surface area contributed by atoms with Crippen LogP contribution >= 0.6 is 11.6 Å². The third-order valence-electron chi connectivity index (χ3n) is 3.74. The molecule has 0 N–H and O–H groups in total. The van der Waals surface area contributed by atoms with Gasteiger partial charge >= 0.3 is 0 Å². The van der Waals surface area contributed by atoms with Gasteiger partial charge in [-0.05, 0) is 40.1 Å². The van der Waals surface area contributed by atoms with Gasteiger partial charge in [0.1, 0.15) is 0 Å². The number of halogens is 1. The lowest BCUT2D eigenvalue weighted by molar-refractivity contribution is -0.113. The molecule has 0 aliphatic heterocycles. The molecule has 1 unspecified atom stereocenters. The second-order valence-corrected chi connectivity index (χ2v) is 6.79. The molecule has 1 atom stereocenters. The monoisotopic (exact) mass is 300 g/mol. The van der Waals surface area contributed by atoms with Crippen LogP contribution in [0.4, 0.5) is 0 Å². The number of carbonyl (C=O) groups excluding carboxylic acids is 1. The normalized spacial score (nSPS) is 13.0.